The Morgan fingerprint density at radius 1 is 0.711 bits per heavy atom. The summed E-state index contributed by atoms with van der Waals surface area (Å²) in [4.78, 5) is 57.4. The number of amides is 2. The van der Waals surface area contributed by atoms with Gasteiger partial charge in [0.2, 0.25) is 29.0 Å². The van der Waals surface area contributed by atoms with Gasteiger partial charge in [0, 0.05) is 11.1 Å². The molecule has 0 saturated carbocycles. The molecular formula is C32H23NO5. The van der Waals surface area contributed by atoms with Crippen molar-refractivity contribution in [2.24, 2.45) is 11.8 Å². The number of rotatable bonds is 2. The molecule has 7 rings (SSSR count). The van der Waals surface area contributed by atoms with Gasteiger partial charge in [-0.15, -0.1) is 0 Å². The molecule has 4 aromatic carbocycles. The quantitative estimate of drug-likeness (QED) is 0.280. The summed E-state index contributed by atoms with van der Waals surface area (Å²) in [6, 6.07) is 25.2. The number of ether oxygens (including phenoxy) is 1. The van der Waals surface area contributed by atoms with E-state index in [1.807, 2.05) is 62.4 Å². The molecule has 0 bridgehead atoms. The third-order valence-corrected chi connectivity index (χ3v) is 8.40. The average molecular weight is 502 g/mol. The van der Waals surface area contributed by atoms with Crippen LogP contribution in [-0.2, 0) is 14.3 Å². The fourth-order valence-corrected chi connectivity index (χ4v) is 6.42. The molecule has 6 heteroatoms. The molecule has 186 valence electrons. The lowest BCUT2D eigenvalue weighted by molar-refractivity contribution is -0.127. The Morgan fingerprint density at radius 3 is 2.08 bits per heavy atom. The Morgan fingerprint density at radius 2 is 1.37 bits per heavy atom. The number of hydrogen-bond donors (Lipinski definition) is 0. The maximum atomic E-state index is 14.2. The average Bonchev–Trinajstić information content (AvgIpc) is 3.50. The molecule has 3 aliphatic rings. The number of aryl methyl sites for hydroxylation is 2. The molecule has 2 fully saturated rings. The van der Waals surface area contributed by atoms with E-state index >= 15 is 0 Å². The van der Waals surface area contributed by atoms with Crippen molar-refractivity contribution in [3.8, 4) is 0 Å². The number of fused-ring (bicyclic) bond motifs is 4. The summed E-state index contributed by atoms with van der Waals surface area (Å²) in [7, 11) is 0. The van der Waals surface area contributed by atoms with Gasteiger partial charge in [0.1, 0.15) is 0 Å². The lowest BCUT2D eigenvalue weighted by Gasteiger charge is -2.27. The molecule has 0 aromatic heterocycles. The van der Waals surface area contributed by atoms with Crippen LogP contribution in [0, 0.1) is 25.7 Å². The van der Waals surface area contributed by atoms with Crippen LogP contribution in [0.3, 0.4) is 0 Å². The third-order valence-electron chi connectivity index (χ3n) is 8.40. The minimum absolute atomic E-state index is 0.222. The van der Waals surface area contributed by atoms with Crippen molar-refractivity contribution < 1.29 is 23.9 Å². The zero-order chi connectivity index (χ0) is 26.3. The Hall–Kier alpha value is -4.42. The van der Waals surface area contributed by atoms with Crippen LogP contribution in [0.15, 0.2) is 84.9 Å². The van der Waals surface area contributed by atoms with Gasteiger partial charge >= 0.3 is 0 Å². The number of carbonyl (C=O) groups is 4. The second-order valence-corrected chi connectivity index (χ2v) is 10.3. The highest BCUT2D eigenvalue weighted by molar-refractivity contribution is 6.37. The molecule has 0 unspecified atom stereocenters. The van der Waals surface area contributed by atoms with E-state index in [2.05, 4.69) is 0 Å². The van der Waals surface area contributed by atoms with Gasteiger partial charge in [-0.3, -0.25) is 19.2 Å². The molecule has 2 saturated heterocycles. The van der Waals surface area contributed by atoms with Gasteiger partial charge in [0.15, 0.2) is 0 Å². The number of benzene rings is 4. The number of nitrogens with zero attached hydrogens (tertiary/aromatic N) is 1. The summed E-state index contributed by atoms with van der Waals surface area (Å²) in [5, 5.41) is 1.78. The fraction of sp³-hybridized carbons (Fsp3) is 0.188. The second kappa shape index (κ2) is 7.79. The fourth-order valence-electron chi connectivity index (χ4n) is 6.42. The van der Waals surface area contributed by atoms with Crippen molar-refractivity contribution in [2.45, 2.75) is 25.6 Å². The molecule has 2 amide bonds. The van der Waals surface area contributed by atoms with E-state index in [4.69, 9.17) is 4.74 Å². The van der Waals surface area contributed by atoms with Crippen LogP contribution in [0.5, 0.6) is 0 Å². The van der Waals surface area contributed by atoms with Gasteiger partial charge in [0.25, 0.3) is 0 Å². The number of ketones is 2. The van der Waals surface area contributed by atoms with E-state index in [0.717, 1.165) is 26.8 Å². The first-order chi connectivity index (χ1) is 18.3. The maximum absolute atomic E-state index is 14.2. The van der Waals surface area contributed by atoms with Crippen molar-refractivity contribution in [3.05, 3.63) is 113 Å². The Bertz CT molecular complexity index is 1700. The van der Waals surface area contributed by atoms with E-state index in [0.29, 0.717) is 11.3 Å². The van der Waals surface area contributed by atoms with Crippen LogP contribution >= 0.6 is 0 Å². The lowest BCUT2D eigenvalue weighted by Crippen LogP contribution is -2.51. The predicted molar refractivity (Wildman–Crippen MR) is 141 cm³/mol. The first-order valence-electron chi connectivity index (χ1n) is 12.6. The summed E-state index contributed by atoms with van der Waals surface area (Å²) in [5.74, 6) is -4.46. The van der Waals surface area contributed by atoms with Gasteiger partial charge in [0.05, 0.1) is 23.6 Å². The molecule has 1 spiro atoms. The minimum atomic E-state index is -2.09. The van der Waals surface area contributed by atoms with E-state index in [9.17, 15) is 19.2 Å². The van der Waals surface area contributed by atoms with Crippen molar-refractivity contribution in [1.29, 1.82) is 0 Å². The van der Waals surface area contributed by atoms with Crippen LogP contribution in [0.4, 0.5) is 5.69 Å². The Kier molecular flexibility index (Phi) is 4.66. The molecule has 3 atom stereocenters. The summed E-state index contributed by atoms with van der Waals surface area (Å²) in [5.41, 5.74) is 1.42. The standard InChI is InChI=1S/C32H23NO5/c1-17-14-15-20(16-18(17)2)33-30(36)25-26(31(33)37)32(28(34)23-11-5-6-12-24(23)29(32)35)38-27(25)22-13-7-9-19-8-3-4-10-21(19)22/h3-16,25-27H,1-2H3/t25-,26-,27+/m1/s1. The molecule has 2 aliphatic heterocycles. The molecule has 0 N–H and O–H groups in total. The monoisotopic (exact) mass is 501 g/mol. The first kappa shape index (κ1) is 22.8. The molecule has 1 aliphatic carbocycles. The number of Topliss-reactive ketones (excluding diaryl/α,β-unsaturated/α-hetero) is 2. The third kappa shape index (κ3) is 2.75. The molecule has 38 heavy (non-hydrogen) atoms. The number of anilines is 1. The summed E-state index contributed by atoms with van der Waals surface area (Å²) < 4.78 is 6.48. The van der Waals surface area contributed by atoms with Crippen molar-refractivity contribution >= 4 is 39.8 Å². The SMILES string of the molecule is Cc1ccc(N2C(=O)[C@H]3[C@H](c4cccc5ccccc45)OC4(C(=O)c5ccccc5C4=O)[C@H]3C2=O)cc1C. The van der Waals surface area contributed by atoms with Gasteiger partial charge < -0.3 is 4.74 Å². The number of hydrogen-bond acceptors (Lipinski definition) is 5. The highest BCUT2D eigenvalue weighted by Crippen LogP contribution is 2.58. The molecule has 6 nitrogen and oxygen atoms in total. The predicted octanol–water partition coefficient (Wildman–Crippen LogP) is 5.15. The number of carbonyl (C=O) groups excluding carboxylic acids is 4. The van der Waals surface area contributed by atoms with Crippen molar-refractivity contribution in [2.75, 3.05) is 4.90 Å². The largest absolute Gasteiger partial charge is 0.349 e. The van der Waals surface area contributed by atoms with Crippen LogP contribution < -0.4 is 4.90 Å². The van der Waals surface area contributed by atoms with Gasteiger partial charge in [-0.05, 0) is 53.4 Å². The van der Waals surface area contributed by atoms with Crippen LogP contribution in [-0.4, -0.2) is 29.0 Å². The van der Waals surface area contributed by atoms with E-state index in [1.54, 1.807) is 36.4 Å². The van der Waals surface area contributed by atoms with Crippen molar-refractivity contribution in [1.82, 2.24) is 0 Å². The van der Waals surface area contributed by atoms with E-state index in [-0.39, 0.29) is 11.1 Å². The maximum Gasteiger partial charge on any atom is 0.241 e. The van der Waals surface area contributed by atoms with Crippen LogP contribution in [0.25, 0.3) is 10.8 Å². The van der Waals surface area contributed by atoms with Crippen molar-refractivity contribution in [3.63, 3.8) is 0 Å². The Balaban J connectivity index is 1.46. The highest BCUT2D eigenvalue weighted by atomic mass is 16.5. The van der Waals surface area contributed by atoms with Gasteiger partial charge in [-0.2, -0.15) is 0 Å². The normalized spacial score (nSPS) is 23.5. The smallest absolute Gasteiger partial charge is 0.241 e. The minimum Gasteiger partial charge on any atom is -0.349 e. The van der Waals surface area contributed by atoms with Gasteiger partial charge in [-0.1, -0.05) is 72.8 Å². The zero-order valence-electron chi connectivity index (χ0n) is 20.8. The number of imide groups is 1. The van der Waals surface area contributed by atoms with Gasteiger partial charge in [-0.25, -0.2) is 4.90 Å². The first-order valence-corrected chi connectivity index (χ1v) is 12.6. The van der Waals surface area contributed by atoms with E-state index in [1.165, 1.54) is 0 Å². The summed E-state index contributed by atoms with van der Waals surface area (Å²) in [6.07, 6.45) is -0.957. The molecular weight excluding hydrogens is 478 g/mol. The lowest BCUT2D eigenvalue weighted by atomic mass is 9.77. The van der Waals surface area contributed by atoms with Crippen LogP contribution in [0.1, 0.15) is 43.5 Å². The summed E-state index contributed by atoms with van der Waals surface area (Å²) >= 11 is 0. The zero-order valence-corrected chi connectivity index (χ0v) is 20.8. The van der Waals surface area contributed by atoms with E-state index < -0.39 is 46.9 Å². The summed E-state index contributed by atoms with van der Waals surface area (Å²) in [6.45, 7) is 3.86. The molecule has 0 radical (unpaired) electrons. The highest BCUT2D eigenvalue weighted by Gasteiger charge is 2.74. The topological polar surface area (TPSA) is 80.8 Å². The Labute approximate surface area is 218 Å². The molecule has 4 aromatic rings. The van der Waals surface area contributed by atoms with Crippen LogP contribution in [0.2, 0.25) is 0 Å². The second-order valence-electron chi connectivity index (χ2n) is 10.3. The molecule has 2 heterocycles.